The average Bonchev–Trinajstić information content (AvgIpc) is 3.52. The number of carbonyl (C=O) groups excluding carboxylic acids is 1. The largest absolute Gasteiger partial charge is 0.496 e. The van der Waals surface area contributed by atoms with Gasteiger partial charge in [0.05, 0.1) is 46.4 Å². The third kappa shape index (κ3) is 6.49. The van der Waals surface area contributed by atoms with E-state index in [2.05, 4.69) is 42.3 Å². The normalized spacial score (nSPS) is 11.3. The van der Waals surface area contributed by atoms with Crippen molar-refractivity contribution in [2.24, 2.45) is 5.10 Å². The van der Waals surface area contributed by atoms with Crippen molar-refractivity contribution in [3.05, 3.63) is 110 Å². The Labute approximate surface area is 284 Å². The van der Waals surface area contributed by atoms with Crippen LogP contribution in [0.3, 0.4) is 0 Å². The third-order valence-electron chi connectivity index (χ3n) is 6.98. The molecule has 4 aromatic carbocycles. The van der Waals surface area contributed by atoms with Gasteiger partial charge in [0.2, 0.25) is 5.82 Å². The summed E-state index contributed by atoms with van der Waals surface area (Å²) in [5.41, 5.74) is 1.19. The molecule has 0 atom stereocenters. The lowest BCUT2D eigenvalue weighted by atomic mass is 10.2. The van der Waals surface area contributed by atoms with Gasteiger partial charge >= 0.3 is 0 Å². The topological polar surface area (TPSA) is 117 Å². The van der Waals surface area contributed by atoms with E-state index in [9.17, 15) is 14.0 Å². The number of halogens is 3. The smallest absolute Gasteiger partial charge is 0.282 e. The van der Waals surface area contributed by atoms with Crippen molar-refractivity contribution < 1.29 is 27.8 Å². The fraction of sp³-hybridized carbons (Fsp3) is 0.118. The first-order valence-corrected chi connectivity index (χ1v) is 15.8. The SMILES string of the molecule is CCOc1cc(C=Nn2c(-c3cc4c(OC)cccc4o3)nc3ccccc3c2=O)c(Br)c(Br)c1OCC(=O)Nc1ccccc1F. The summed E-state index contributed by atoms with van der Waals surface area (Å²) in [5, 5.41) is 8.13. The molecule has 0 unspecified atom stereocenters. The molecule has 1 amide bonds. The predicted octanol–water partition coefficient (Wildman–Crippen LogP) is 7.78. The Balaban J connectivity index is 1.38. The Hall–Kier alpha value is -5.01. The molecule has 2 heterocycles. The molecule has 0 bridgehead atoms. The number of aromatic nitrogens is 2. The van der Waals surface area contributed by atoms with Gasteiger partial charge in [-0.3, -0.25) is 9.59 Å². The maximum atomic E-state index is 14.0. The summed E-state index contributed by atoms with van der Waals surface area (Å²) < 4.78 is 39.3. The van der Waals surface area contributed by atoms with Crippen LogP contribution in [-0.2, 0) is 4.79 Å². The van der Waals surface area contributed by atoms with Gasteiger partial charge in [0.1, 0.15) is 17.1 Å². The number of fused-ring (bicyclic) bond motifs is 2. The first-order chi connectivity index (χ1) is 22.8. The van der Waals surface area contributed by atoms with E-state index < -0.39 is 23.9 Å². The Morgan fingerprint density at radius 2 is 1.79 bits per heavy atom. The lowest BCUT2D eigenvalue weighted by Gasteiger charge is -2.16. The Kier molecular flexibility index (Phi) is 9.36. The fourth-order valence-electron chi connectivity index (χ4n) is 4.82. The van der Waals surface area contributed by atoms with Crippen LogP contribution in [0.5, 0.6) is 17.2 Å². The first kappa shape index (κ1) is 32.0. The van der Waals surface area contributed by atoms with Gasteiger partial charge in [-0.05, 0) is 87.3 Å². The van der Waals surface area contributed by atoms with Gasteiger partial charge in [0.15, 0.2) is 23.9 Å². The molecule has 0 aliphatic carbocycles. The van der Waals surface area contributed by atoms with Gasteiger partial charge in [-0.25, -0.2) is 9.37 Å². The first-order valence-electron chi connectivity index (χ1n) is 14.2. The zero-order valence-electron chi connectivity index (χ0n) is 24.9. The minimum Gasteiger partial charge on any atom is -0.496 e. The van der Waals surface area contributed by atoms with Crippen molar-refractivity contribution in [1.82, 2.24) is 9.66 Å². The number of hydrogen-bond donors (Lipinski definition) is 1. The number of rotatable bonds is 10. The molecule has 0 spiro atoms. The van der Waals surface area contributed by atoms with Crippen LogP contribution in [0.15, 0.2) is 102 Å². The number of hydrogen-bond acceptors (Lipinski definition) is 8. The highest BCUT2D eigenvalue weighted by Crippen LogP contribution is 2.42. The number of para-hydroxylation sites is 2. The summed E-state index contributed by atoms with van der Waals surface area (Å²) in [4.78, 5) is 31.1. The second-order valence-electron chi connectivity index (χ2n) is 9.97. The predicted molar refractivity (Wildman–Crippen MR) is 184 cm³/mol. The van der Waals surface area contributed by atoms with Crippen LogP contribution >= 0.6 is 31.9 Å². The van der Waals surface area contributed by atoms with Crippen LogP contribution in [-0.4, -0.2) is 42.1 Å². The van der Waals surface area contributed by atoms with E-state index in [1.807, 2.05) is 12.1 Å². The van der Waals surface area contributed by atoms with Crippen molar-refractivity contribution in [3.63, 3.8) is 0 Å². The van der Waals surface area contributed by atoms with Crippen molar-refractivity contribution in [2.45, 2.75) is 6.92 Å². The molecule has 0 aliphatic heterocycles. The van der Waals surface area contributed by atoms with Gasteiger partial charge in [0.25, 0.3) is 11.5 Å². The molecule has 0 radical (unpaired) electrons. The highest BCUT2D eigenvalue weighted by Gasteiger charge is 2.21. The minimum atomic E-state index is -0.565. The molecule has 0 saturated carbocycles. The monoisotopic (exact) mass is 762 g/mol. The number of ether oxygens (including phenoxy) is 3. The van der Waals surface area contributed by atoms with Gasteiger partial charge < -0.3 is 23.9 Å². The lowest BCUT2D eigenvalue weighted by Crippen LogP contribution is -2.21. The number of benzene rings is 4. The summed E-state index contributed by atoms with van der Waals surface area (Å²) in [6.45, 7) is 1.67. The van der Waals surface area contributed by atoms with Crippen LogP contribution in [0, 0.1) is 5.82 Å². The second kappa shape index (κ2) is 13.8. The number of nitrogens with one attached hydrogen (secondary N) is 1. The van der Waals surface area contributed by atoms with Gasteiger partial charge in [-0.2, -0.15) is 9.78 Å². The molecular weight excluding hydrogens is 739 g/mol. The molecule has 2 aromatic heterocycles. The molecule has 0 fully saturated rings. The molecule has 238 valence electrons. The zero-order valence-corrected chi connectivity index (χ0v) is 28.1. The highest BCUT2D eigenvalue weighted by molar-refractivity contribution is 9.13. The van der Waals surface area contributed by atoms with E-state index in [1.165, 1.54) is 29.1 Å². The molecular formula is C34H25Br2FN4O6. The van der Waals surface area contributed by atoms with E-state index in [1.54, 1.807) is 62.6 Å². The maximum Gasteiger partial charge on any atom is 0.282 e. The van der Waals surface area contributed by atoms with Crippen LogP contribution in [0.25, 0.3) is 33.5 Å². The van der Waals surface area contributed by atoms with Crippen molar-refractivity contribution in [1.29, 1.82) is 0 Å². The Bertz CT molecular complexity index is 2230. The van der Waals surface area contributed by atoms with E-state index in [4.69, 9.17) is 23.6 Å². The highest BCUT2D eigenvalue weighted by atomic mass is 79.9. The lowest BCUT2D eigenvalue weighted by molar-refractivity contribution is -0.118. The van der Waals surface area contributed by atoms with Crippen LogP contribution in [0.4, 0.5) is 10.1 Å². The molecule has 10 nitrogen and oxygen atoms in total. The average molecular weight is 764 g/mol. The zero-order chi connectivity index (χ0) is 33.1. The van der Waals surface area contributed by atoms with E-state index in [-0.39, 0.29) is 23.9 Å². The molecule has 6 aromatic rings. The summed E-state index contributed by atoms with van der Waals surface area (Å²) in [6.07, 6.45) is 1.47. The van der Waals surface area contributed by atoms with Crippen molar-refractivity contribution in [3.8, 4) is 28.8 Å². The van der Waals surface area contributed by atoms with Gasteiger partial charge in [-0.15, -0.1) is 0 Å². The molecule has 6 rings (SSSR count). The minimum absolute atomic E-state index is 0.0394. The number of amides is 1. The van der Waals surface area contributed by atoms with Crippen molar-refractivity contribution >= 4 is 71.5 Å². The second-order valence-corrected chi connectivity index (χ2v) is 11.6. The fourth-order valence-corrected chi connectivity index (χ4v) is 5.75. The Morgan fingerprint density at radius 3 is 2.57 bits per heavy atom. The quantitative estimate of drug-likeness (QED) is 0.142. The molecule has 47 heavy (non-hydrogen) atoms. The van der Waals surface area contributed by atoms with Gasteiger partial charge in [-0.1, -0.05) is 30.3 Å². The molecule has 0 aliphatic rings. The number of furan rings is 1. The van der Waals surface area contributed by atoms with E-state index in [0.717, 1.165) is 0 Å². The summed E-state index contributed by atoms with van der Waals surface area (Å²) in [7, 11) is 1.57. The van der Waals surface area contributed by atoms with Crippen LogP contribution < -0.4 is 25.1 Å². The van der Waals surface area contributed by atoms with E-state index in [0.29, 0.717) is 53.6 Å². The maximum absolute atomic E-state index is 14.0. The number of methoxy groups -OCH3 is 1. The third-order valence-corrected chi connectivity index (χ3v) is 9.12. The molecule has 1 N–H and O–H groups in total. The number of nitrogens with zero attached hydrogens (tertiary/aromatic N) is 3. The number of carbonyl (C=O) groups is 1. The van der Waals surface area contributed by atoms with E-state index >= 15 is 0 Å². The molecule has 13 heteroatoms. The van der Waals surface area contributed by atoms with Crippen molar-refractivity contribution in [2.75, 3.05) is 25.6 Å². The van der Waals surface area contributed by atoms with Gasteiger partial charge in [0, 0.05) is 10.0 Å². The Morgan fingerprint density at radius 1 is 1.00 bits per heavy atom. The standard InChI is InChI=1S/C34H25Br2FN4O6/c1-3-45-27-15-19(30(35)31(36)32(27)46-18-29(42)39-24-12-7-5-10-22(24)37)17-38-41-33(40-23-11-6-4-9-20(23)34(41)43)28-16-21-25(44-2)13-8-14-26(21)47-28/h4-17H,3,18H2,1-2H3,(H,39,42). The molecule has 0 saturated heterocycles. The summed E-state index contributed by atoms with van der Waals surface area (Å²) in [5.74, 6) is 0.524. The summed E-state index contributed by atoms with van der Waals surface area (Å²) in [6, 6.07) is 21.6. The number of anilines is 1. The van der Waals surface area contributed by atoms with Crippen LogP contribution in [0.1, 0.15) is 12.5 Å². The van der Waals surface area contributed by atoms with Crippen LogP contribution in [0.2, 0.25) is 0 Å². The summed E-state index contributed by atoms with van der Waals surface area (Å²) >= 11 is 7.09.